The largest absolute Gasteiger partial charge is 0.391 e. The van der Waals surface area contributed by atoms with Crippen molar-refractivity contribution >= 4 is 23.4 Å². The van der Waals surface area contributed by atoms with Crippen molar-refractivity contribution in [2.45, 2.75) is 20.0 Å². The predicted octanol–water partition coefficient (Wildman–Crippen LogP) is 1.41. The van der Waals surface area contributed by atoms with Gasteiger partial charge in [-0.05, 0) is 49.2 Å². The van der Waals surface area contributed by atoms with Gasteiger partial charge in [0.25, 0.3) is 17.7 Å². The number of carbonyl (C=O) groups excluding carboxylic acids is 3. The Morgan fingerprint density at radius 2 is 1.86 bits per heavy atom. The lowest BCUT2D eigenvalue weighted by Gasteiger charge is -2.17. The minimum atomic E-state index is -0.486. The minimum absolute atomic E-state index is 0.0450. The van der Waals surface area contributed by atoms with E-state index in [1.807, 2.05) is 32.0 Å². The van der Waals surface area contributed by atoms with Crippen LogP contribution < -0.4 is 15.5 Å². The van der Waals surface area contributed by atoms with Crippen LogP contribution in [0.1, 0.15) is 42.2 Å². The van der Waals surface area contributed by atoms with E-state index >= 15 is 0 Å². The van der Waals surface area contributed by atoms with Gasteiger partial charge in [0.1, 0.15) is 0 Å². The summed E-state index contributed by atoms with van der Waals surface area (Å²) in [5, 5.41) is 15.7. The molecule has 3 N–H and O–H groups in total. The summed E-state index contributed by atoms with van der Waals surface area (Å²) in [4.78, 5) is 39.5. The molecule has 0 bridgehead atoms. The molecule has 2 aliphatic rings. The van der Waals surface area contributed by atoms with Gasteiger partial charge in [-0.25, -0.2) is 4.90 Å². The fourth-order valence-corrected chi connectivity index (χ4v) is 3.81. The first-order valence-corrected chi connectivity index (χ1v) is 9.64. The number of aliphatic hydroxyl groups is 1. The number of aliphatic hydroxyl groups excluding tert-OH is 1. The smallest absolute Gasteiger partial charge is 0.266 e. The molecule has 0 spiro atoms. The fourth-order valence-electron chi connectivity index (χ4n) is 3.81. The van der Waals surface area contributed by atoms with Crippen LogP contribution in [0.5, 0.6) is 0 Å². The summed E-state index contributed by atoms with van der Waals surface area (Å²) in [5.41, 5.74) is 3.17. The van der Waals surface area contributed by atoms with Gasteiger partial charge in [0.15, 0.2) is 0 Å². The molecule has 2 aromatic carbocycles. The molecular weight excluding hydrogens is 370 g/mol. The van der Waals surface area contributed by atoms with E-state index in [9.17, 15) is 19.5 Å². The molecule has 150 valence electrons. The van der Waals surface area contributed by atoms with Gasteiger partial charge in [0.2, 0.25) is 0 Å². The van der Waals surface area contributed by atoms with Crippen molar-refractivity contribution in [3.8, 4) is 0 Å². The average Bonchev–Trinajstić information content (AvgIpc) is 3.22. The molecule has 1 fully saturated rings. The molecule has 7 heteroatoms. The van der Waals surface area contributed by atoms with Gasteiger partial charge < -0.3 is 15.7 Å². The third-order valence-corrected chi connectivity index (χ3v) is 5.58. The summed E-state index contributed by atoms with van der Waals surface area (Å²) in [6, 6.07) is 10.2. The first-order chi connectivity index (χ1) is 13.9. The van der Waals surface area contributed by atoms with Gasteiger partial charge in [0, 0.05) is 31.1 Å². The van der Waals surface area contributed by atoms with Crippen molar-refractivity contribution in [1.29, 1.82) is 0 Å². The number of carbonyl (C=O) groups is 3. The molecule has 29 heavy (non-hydrogen) atoms. The summed E-state index contributed by atoms with van der Waals surface area (Å²) in [6.45, 7) is 5.25. The van der Waals surface area contributed by atoms with Gasteiger partial charge >= 0.3 is 0 Å². The highest BCUT2D eigenvalue weighted by Crippen LogP contribution is 2.31. The molecule has 0 saturated carbocycles. The van der Waals surface area contributed by atoms with Crippen LogP contribution in [0.15, 0.2) is 36.4 Å². The molecule has 4 rings (SSSR count). The Morgan fingerprint density at radius 3 is 2.59 bits per heavy atom. The fraction of sp³-hybridized carbons (Fsp3) is 0.318. The number of benzene rings is 2. The van der Waals surface area contributed by atoms with Crippen LogP contribution in [0.3, 0.4) is 0 Å². The number of amides is 3. The van der Waals surface area contributed by atoms with E-state index in [4.69, 9.17) is 0 Å². The zero-order valence-electron chi connectivity index (χ0n) is 16.4. The van der Waals surface area contributed by atoms with Gasteiger partial charge in [0.05, 0.1) is 22.9 Å². The molecule has 0 aromatic heterocycles. The standard InChI is InChI=1S/C22H23N3O4/c1-12-3-4-13(2)18(7-12)25-21(28)16-6-5-14(8-17(16)22(25)29)20(27)24-10-15-9-23-11-19(15)26/h3-8,15,19,23,26H,9-11H2,1-2H3,(H,24,27). The summed E-state index contributed by atoms with van der Waals surface area (Å²) >= 11 is 0. The van der Waals surface area contributed by atoms with Crippen LogP contribution >= 0.6 is 0 Å². The number of nitrogens with zero attached hydrogens (tertiary/aromatic N) is 1. The second-order valence-electron chi connectivity index (χ2n) is 7.69. The lowest BCUT2D eigenvalue weighted by atomic mass is 10.0. The monoisotopic (exact) mass is 393 g/mol. The summed E-state index contributed by atoms with van der Waals surface area (Å²) in [6.07, 6.45) is -0.486. The Balaban J connectivity index is 1.57. The Hall–Kier alpha value is -3.03. The zero-order chi connectivity index (χ0) is 20.7. The van der Waals surface area contributed by atoms with E-state index in [0.717, 1.165) is 11.1 Å². The maximum absolute atomic E-state index is 13.0. The van der Waals surface area contributed by atoms with Crippen LogP contribution in [0, 0.1) is 19.8 Å². The molecule has 2 atom stereocenters. The minimum Gasteiger partial charge on any atom is -0.391 e. The van der Waals surface area contributed by atoms with Crippen LogP contribution in [0.2, 0.25) is 0 Å². The zero-order valence-corrected chi connectivity index (χ0v) is 16.4. The van der Waals surface area contributed by atoms with Crippen molar-refractivity contribution in [2.24, 2.45) is 5.92 Å². The third kappa shape index (κ3) is 3.43. The van der Waals surface area contributed by atoms with E-state index in [1.54, 1.807) is 6.07 Å². The van der Waals surface area contributed by atoms with E-state index < -0.39 is 12.0 Å². The lowest BCUT2D eigenvalue weighted by molar-refractivity contribution is 0.0916. The Kier molecular flexibility index (Phi) is 4.94. The number of hydrogen-bond acceptors (Lipinski definition) is 5. The predicted molar refractivity (Wildman–Crippen MR) is 108 cm³/mol. The second-order valence-corrected chi connectivity index (χ2v) is 7.69. The van der Waals surface area contributed by atoms with Crippen molar-refractivity contribution in [1.82, 2.24) is 10.6 Å². The van der Waals surface area contributed by atoms with E-state index in [2.05, 4.69) is 10.6 Å². The highest BCUT2D eigenvalue weighted by atomic mass is 16.3. The Morgan fingerprint density at radius 1 is 1.10 bits per heavy atom. The highest BCUT2D eigenvalue weighted by Gasteiger charge is 2.38. The van der Waals surface area contributed by atoms with Crippen molar-refractivity contribution in [3.63, 3.8) is 0 Å². The molecule has 2 aliphatic heterocycles. The molecule has 2 unspecified atom stereocenters. The third-order valence-electron chi connectivity index (χ3n) is 5.58. The van der Waals surface area contributed by atoms with Gasteiger partial charge in [-0.1, -0.05) is 12.1 Å². The van der Waals surface area contributed by atoms with Gasteiger partial charge in [-0.2, -0.15) is 0 Å². The average molecular weight is 393 g/mol. The first kappa shape index (κ1) is 19.3. The SMILES string of the molecule is Cc1ccc(C)c(N2C(=O)c3ccc(C(=O)NCC4CNCC4O)cc3C2=O)c1. The Bertz CT molecular complexity index is 1020. The van der Waals surface area contributed by atoms with Crippen LogP contribution in [0.25, 0.3) is 0 Å². The number of rotatable bonds is 4. The topological polar surface area (TPSA) is 98.7 Å². The normalized spacial score (nSPS) is 20.9. The molecule has 0 radical (unpaired) electrons. The summed E-state index contributed by atoms with van der Waals surface area (Å²) in [7, 11) is 0. The first-order valence-electron chi connectivity index (χ1n) is 9.64. The summed E-state index contributed by atoms with van der Waals surface area (Å²) in [5.74, 6) is -1.19. The van der Waals surface area contributed by atoms with Gasteiger partial charge in [-0.3, -0.25) is 14.4 Å². The van der Waals surface area contributed by atoms with Crippen molar-refractivity contribution in [2.75, 3.05) is 24.5 Å². The molecule has 0 aliphatic carbocycles. The molecule has 2 heterocycles. The molecule has 7 nitrogen and oxygen atoms in total. The second kappa shape index (κ2) is 7.42. The number of fused-ring (bicyclic) bond motifs is 1. The van der Waals surface area contributed by atoms with E-state index in [1.165, 1.54) is 17.0 Å². The van der Waals surface area contributed by atoms with E-state index in [0.29, 0.717) is 36.4 Å². The number of nitrogens with one attached hydrogen (secondary N) is 2. The van der Waals surface area contributed by atoms with Crippen molar-refractivity contribution in [3.05, 3.63) is 64.2 Å². The van der Waals surface area contributed by atoms with Gasteiger partial charge in [-0.15, -0.1) is 0 Å². The maximum atomic E-state index is 13.0. The van der Waals surface area contributed by atoms with Crippen LogP contribution in [-0.4, -0.2) is 48.6 Å². The van der Waals surface area contributed by atoms with Crippen molar-refractivity contribution < 1.29 is 19.5 Å². The van der Waals surface area contributed by atoms with Crippen LogP contribution in [0.4, 0.5) is 5.69 Å². The summed E-state index contributed by atoms with van der Waals surface area (Å²) < 4.78 is 0. The number of anilines is 1. The maximum Gasteiger partial charge on any atom is 0.266 e. The molecule has 3 amide bonds. The highest BCUT2D eigenvalue weighted by molar-refractivity contribution is 6.35. The molecule has 1 saturated heterocycles. The quantitative estimate of drug-likeness (QED) is 0.683. The molecule has 2 aromatic rings. The number of hydrogen-bond donors (Lipinski definition) is 3. The number of imide groups is 1. The van der Waals surface area contributed by atoms with Crippen LogP contribution in [-0.2, 0) is 0 Å². The number of aryl methyl sites for hydroxylation is 2. The number of β-amino-alcohol motifs (C(OH)–C–C–N with tert-alkyl or cyclic N) is 1. The lowest BCUT2D eigenvalue weighted by Crippen LogP contribution is -2.34. The van der Waals surface area contributed by atoms with E-state index in [-0.39, 0.29) is 23.3 Å². The Labute approximate surface area is 168 Å². The molecular formula is C22H23N3O4.